The SMILES string of the molecule is Nc1ccccc1OCC(=O)N1CCC(CCO)C1. The van der Waals surface area contributed by atoms with Crippen molar-refractivity contribution >= 4 is 11.6 Å². The van der Waals surface area contributed by atoms with E-state index in [0.29, 0.717) is 23.9 Å². The van der Waals surface area contributed by atoms with E-state index >= 15 is 0 Å². The van der Waals surface area contributed by atoms with E-state index in [1.807, 2.05) is 12.1 Å². The maximum Gasteiger partial charge on any atom is 0.260 e. The van der Waals surface area contributed by atoms with Gasteiger partial charge in [0.2, 0.25) is 0 Å². The topological polar surface area (TPSA) is 75.8 Å². The second-order valence-electron chi connectivity index (χ2n) is 4.83. The van der Waals surface area contributed by atoms with Crippen LogP contribution in [0.2, 0.25) is 0 Å². The van der Waals surface area contributed by atoms with Crippen LogP contribution in [-0.2, 0) is 4.79 Å². The van der Waals surface area contributed by atoms with Gasteiger partial charge in [-0.1, -0.05) is 12.1 Å². The van der Waals surface area contributed by atoms with E-state index < -0.39 is 0 Å². The molecule has 1 fully saturated rings. The minimum absolute atomic E-state index is 0.0139. The van der Waals surface area contributed by atoms with Crippen LogP contribution in [0.25, 0.3) is 0 Å². The Morgan fingerprint density at radius 3 is 3.00 bits per heavy atom. The molecule has 0 aliphatic carbocycles. The number of ether oxygens (including phenoxy) is 1. The number of rotatable bonds is 5. The van der Waals surface area contributed by atoms with E-state index in [-0.39, 0.29) is 19.1 Å². The van der Waals surface area contributed by atoms with Crippen molar-refractivity contribution in [3.05, 3.63) is 24.3 Å². The number of amides is 1. The van der Waals surface area contributed by atoms with Crippen molar-refractivity contribution in [3.8, 4) is 5.75 Å². The minimum atomic E-state index is -0.0244. The van der Waals surface area contributed by atoms with Gasteiger partial charge in [-0.15, -0.1) is 0 Å². The Balaban J connectivity index is 1.81. The number of carbonyl (C=O) groups is 1. The fraction of sp³-hybridized carbons (Fsp3) is 0.500. The van der Waals surface area contributed by atoms with Crippen LogP contribution in [0.4, 0.5) is 5.69 Å². The molecule has 1 saturated heterocycles. The molecule has 0 aromatic heterocycles. The number of benzene rings is 1. The molecule has 1 aromatic carbocycles. The zero-order valence-electron chi connectivity index (χ0n) is 10.9. The second-order valence-corrected chi connectivity index (χ2v) is 4.83. The minimum Gasteiger partial charge on any atom is -0.482 e. The Bertz CT molecular complexity index is 436. The van der Waals surface area contributed by atoms with Gasteiger partial charge in [-0.3, -0.25) is 4.79 Å². The molecule has 2 rings (SSSR count). The van der Waals surface area contributed by atoms with Crippen molar-refractivity contribution < 1.29 is 14.6 Å². The van der Waals surface area contributed by atoms with Crippen LogP contribution < -0.4 is 10.5 Å². The number of nitrogen functional groups attached to an aromatic ring is 1. The average molecular weight is 264 g/mol. The van der Waals surface area contributed by atoms with Gasteiger partial charge in [0.25, 0.3) is 5.91 Å². The smallest absolute Gasteiger partial charge is 0.260 e. The highest BCUT2D eigenvalue weighted by molar-refractivity contribution is 5.78. The van der Waals surface area contributed by atoms with E-state index in [1.54, 1.807) is 17.0 Å². The Labute approximate surface area is 113 Å². The van der Waals surface area contributed by atoms with Gasteiger partial charge in [0.1, 0.15) is 5.75 Å². The summed E-state index contributed by atoms with van der Waals surface area (Å²) in [7, 11) is 0. The van der Waals surface area contributed by atoms with Crippen molar-refractivity contribution in [2.75, 3.05) is 32.0 Å². The third-order valence-corrected chi connectivity index (χ3v) is 3.45. The van der Waals surface area contributed by atoms with Gasteiger partial charge in [0, 0.05) is 19.7 Å². The molecule has 1 atom stereocenters. The normalized spacial score (nSPS) is 18.6. The standard InChI is InChI=1S/C14H20N2O3/c15-12-3-1-2-4-13(12)19-10-14(18)16-7-5-11(9-16)6-8-17/h1-4,11,17H,5-10,15H2. The highest BCUT2D eigenvalue weighted by Crippen LogP contribution is 2.21. The molecule has 0 saturated carbocycles. The molecule has 0 spiro atoms. The molecule has 5 heteroatoms. The zero-order chi connectivity index (χ0) is 13.7. The quantitative estimate of drug-likeness (QED) is 0.774. The molecule has 5 nitrogen and oxygen atoms in total. The highest BCUT2D eigenvalue weighted by Gasteiger charge is 2.25. The maximum atomic E-state index is 12.0. The molecule has 19 heavy (non-hydrogen) atoms. The summed E-state index contributed by atoms with van der Waals surface area (Å²) < 4.78 is 5.44. The van der Waals surface area contributed by atoms with Crippen LogP contribution in [0, 0.1) is 5.92 Å². The van der Waals surface area contributed by atoms with E-state index in [4.69, 9.17) is 15.6 Å². The highest BCUT2D eigenvalue weighted by atomic mass is 16.5. The number of nitrogens with two attached hydrogens (primary N) is 1. The first-order valence-electron chi connectivity index (χ1n) is 6.56. The van der Waals surface area contributed by atoms with Crippen molar-refractivity contribution in [2.24, 2.45) is 5.92 Å². The molecule has 1 unspecified atom stereocenters. The van der Waals surface area contributed by atoms with Crippen molar-refractivity contribution in [2.45, 2.75) is 12.8 Å². The number of likely N-dealkylation sites (tertiary alicyclic amines) is 1. The van der Waals surface area contributed by atoms with Gasteiger partial charge in [-0.2, -0.15) is 0 Å². The molecule has 1 aliphatic rings. The lowest BCUT2D eigenvalue weighted by molar-refractivity contribution is -0.132. The van der Waals surface area contributed by atoms with E-state index in [0.717, 1.165) is 19.4 Å². The number of hydrogen-bond acceptors (Lipinski definition) is 4. The number of hydrogen-bond donors (Lipinski definition) is 2. The number of para-hydroxylation sites is 2. The van der Waals surface area contributed by atoms with Gasteiger partial charge in [-0.25, -0.2) is 0 Å². The first-order valence-corrected chi connectivity index (χ1v) is 6.56. The summed E-state index contributed by atoms with van der Waals surface area (Å²) in [5.41, 5.74) is 6.28. The lowest BCUT2D eigenvalue weighted by Crippen LogP contribution is -2.33. The van der Waals surface area contributed by atoms with Crippen LogP contribution >= 0.6 is 0 Å². The summed E-state index contributed by atoms with van der Waals surface area (Å²) in [6, 6.07) is 7.14. The largest absolute Gasteiger partial charge is 0.482 e. The monoisotopic (exact) mass is 264 g/mol. The molecule has 104 valence electrons. The third kappa shape index (κ3) is 3.61. The van der Waals surface area contributed by atoms with Crippen molar-refractivity contribution in [1.29, 1.82) is 0 Å². The van der Waals surface area contributed by atoms with Crippen LogP contribution in [0.15, 0.2) is 24.3 Å². The predicted octanol–water partition coefficient (Wildman–Crippen LogP) is 0.878. The summed E-state index contributed by atoms with van der Waals surface area (Å²) in [6.45, 7) is 1.66. The van der Waals surface area contributed by atoms with Crippen LogP contribution in [0.1, 0.15) is 12.8 Å². The first kappa shape index (κ1) is 13.7. The number of carbonyl (C=O) groups excluding carboxylic acids is 1. The number of nitrogens with zero attached hydrogens (tertiary/aromatic N) is 1. The van der Waals surface area contributed by atoms with Crippen LogP contribution in [0.5, 0.6) is 5.75 Å². The van der Waals surface area contributed by atoms with Gasteiger partial charge in [-0.05, 0) is 30.9 Å². The fourth-order valence-electron chi connectivity index (χ4n) is 2.32. The summed E-state index contributed by atoms with van der Waals surface area (Å²) in [6.07, 6.45) is 1.72. The van der Waals surface area contributed by atoms with Crippen LogP contribution in [-0.4, -0.2) is 42.2 Å². The summed E-state index contributed by atoms with van der Waals surface area (Å²) in [5, 5.41) is 8.89. The van der Waals surface area contributed by atoms with Crippen LogP contribution in [0.3, 0.4) is 0 Å². The van der Waals surface area contributed by atoms with Gasteiger partial charge < -0.3 is 20.5 Å². The van der Waals surface area contributed by atoms with E-state index in [2.05, 4.69) is 0 Å². The predicted molar refractivity (Wildman–Crippen MR) is 72.7 cm³/mol. The second kappa shape index (κ2) is 6.43. The maximum absolute atomic E-state index is 12.0. The molecular formula is C14H20N2O3. The van der Waals surface area contributed by atoms with E-state index in [9.17, 15) is 4.79 Å². The first-order chi connectivity index (χ1) is 9.20. The Morgan fingerprint density at radius 1 is 1.47 bits per heavy atom. The molecule has 1 heterocycles. The molecule has 0 bridgehead atoms. The summed E-state index contributed by atoms with van der Waals surface area (Å²) in [4.78, 5) is 13.8. The summed E-state index contributed by atoms with van der Waals surface area (Å²) in [5.74, 6) is 0.932. The van der Waals surface area contributed by atoms with Gasteiger partial charge in [0.15, 0.2) is 6.61 Å². The van der Waals surface area contributed by atoms with E-state index in [1.165, 1.54) is 0 Å². The number of aliphatic hydroxyl groups is 1. The Kier molecular flexibility index (Phi) is 4.63. The molecule has 1 aromatic rings. The molecule has 0 radical (unpaired) electrons. The molecule has 1 amide bonds. The number of aliphatic hydroxyl groups excluding tert-OH is 1. The Hall–Kier alpha value is -1.75. The fourth-order valence-corrected chi connectivity index (χ4v) is 2.32. The van der Waals surface area contributed by atoms with Crippen molar-refractivity contribution in [3.63, 3.8) is 0 Å². The van der Waals surface area contributed by atoms with Gasteiger partial charge >= 0.3 is 0 Å². The zero-order valence-corrected chi connectivity index (χ0v) is 10.9. The molecular weight excluding hydrogens is 244 g/mol. The summed E-state index contributed by atoms with van der Waals surface area (Å²) >= 11 is 0. The molecule has 3 N–H and O–H groups in total. The van der Waals surface area contributed by atoms with Gasteiger partial charge in [0.05, 0.1) is 5.69 Å². The lowest BCUT2D eigenvalue weighted by Gasteiger charge is -2.17. The lowest BCUT2D eigenvalue weighted by atomic mass is 10.1. The Morgan fingerprint density at radius 2 is 2.26 bits per heavy atom. The van der Waals surface area contributed by atoms with Crippen molar-refractivity contribution in [1.82, 2.24) is 4.90 Å². The average Bonchev–Trinajstić information content (AvgIpc) is 2.87. The molecule has 1 aliphatic heterocycles. The third-order valence-electron chi connectivity index (χ3n) is 3.45. The number of anilines is 1.